The van der Waals surface area contributed by atoms with Crippen molar-refractivity contribution in [2.75, 3.05) is 19.0 Å². The number of phenolic OH excluding ortho intramolecular Hbond substituents is 1. The third-order valence-corrected chi connectivity index (χ3v) is 4.64. The van der Waals surface area contributed by atoms with Crippen molar-refractivity contribution >= 4 is 17.5 Å². The molecule has 0 bridgehead atoms. The van der Waals surface area contributed by atoms with Gasteiger partial charge in [0.05, 0.1) is 12.7 Å². The fourth-order valence-electron chi connectivity index (χ4n) is 2.77. The Balaban J connectivity index is 1.83. The van der Waals surface area contributed by atoms with Gasteiger partial charge in [-0.1, -0.05) is 23.7 Å². The Bertz CT molecular complexity index is 988. The largest absolute Gasteiger partial charge is 0.508 e. The summed E-state index contributed by atoms with van der Waals surface area (Å²) >= 11 is 6.23. The third kappa shape index (κ3) is 5.34. The molecule has 0 fully saturated rings. The molecule has 0 saturated carbocycles. The van der Waals surface area contributed by atoms with E-state index in [4.69, 9.17) is 16.3 Å². The number of methoxy groups -OCH3 is 1. The molecule has 0 aliphatic carbocycles. The highest BCUT2D eigenvalue weighted by atomic mass is 35.5. The van der Waals surface area contributed by atoms with Crippen molar-refractivity contribution in [2.24, 2.45) is 0 Å². The Labute approximate surface area is 174 Å². The van der Waals surface area contributed by atoms with E-state index in [1.165, 1.54) is 7.11 Å². The second kappa shape index (κ2) is 8.63. The maximum Gasteiger partial charge on any atom is 0.321 e. The summed E-state index contributed by atoms with van der Waals surface area (Å²) in [5.74, 6) is 1.03. The molecule has 8 heteroatoms. The van der Waals surface area contributed by atoms with Crippen LogP contribution in [0.5, 0.6) is 11.8 Å². The number of anilines is 1. The Morgan fingerprint density at radius 1 is 1.07 bits per heavy atom. The highest BCUT2D eigenvalue weighted by Gasteiger charge is 2.21. The fourth-order valence-corrected chi connectivity index (χ4v) is 3.12. The number of benzene rings is 2. The summed E-state index contributed by atoms with van der Waals surface area (Å²) in [5, 5.41) is 23.3. The van der Waals surface area contributed by atoms with Crippen LogP contribution in [-0.4, -0.2) is 38.8 Å². The van der Waals surface area contributed by atoms with Crippen molar-refractivity contribution in [3.05, 3.63) is 58.6 Å². The van der Waals surface area contributed by atoms with Gasteiger partial charge >= 0.3 is 6.01 Å². The maximum absolute atomic E-state index is 10.3. The van der Waals surface area contributed by atoms with E-state index in [1.807, 2.05) is 12.1 Å². The van der Waals surface area contributed by atoms with E-state index in [0.717, 1.165) is 12.0 Å². The highest BCUT2D eigenvalue weighted by Crippen LogP contribution is 2.31. The number of ether oxygens (including phenoxy) is 1. The first-order chi connectivity index (χ1) is 13.8. The van der Waals surface area contributed by atoms with E-state index in [0.29, 0.717) is 34.5 Å². The molecule has 152 valence electrons. The van der Waals surface area contributed by atoms with Crippen LogP contribution in [0.3, 0.4) is 0 Å². The van der Waals surface area contributed by atoms with Gasteiger partial charge in [0.1, 0.15) is 5.75 Å². The predicted molar refractivity (Wildman–Crippen MR) is 112 cm³/mol. The zero-order chi connectivity index (χ0) is 21.0. The van der Waals surface area contributed by atoms with Crippen LogP contribution in [0.4, 0.5) is 5.95 Å². The Kier molecular flexibility index (Phi) is 6.20. The molecular formula is C21H23ClN4O3. The number of aromatic nitrogens is 3. The summed E-state index contributed by atoms with van der Waals surface area (Å²) in [6.45, 7) is 3.93. The minimum Gasteiger partial charge on any atom is -0.508 e. The molecule has 0 aliphatic heterocycles. The maximum atomic E-state index is 10.3. The Hall–Kier alpha value is -2.90. The van der Waals surface area contributed by atoms with Gasteiger partial charge in [-0.25, -0.2) is 0 Å². The lowest BCUT2D eigenvalue weighted by molar-refractivity contribution is 0.0787. The van der Waals surface area contributed by atoms with Gasteiger partial charge in [-0.3, -0.25) is 0 Å². The van der Waals surface area contributed by atoms with Crippen molar-refractivity contribution in [1.82, 2.24) is 15.0 Å². The standard InChI is InChI=1S/C21H23ClN4O3/c1-21(2,28)16-12-14(6-9-17(16)22)18-24-19(26-20(25-18)29-3)23-11-10-13-4-7-15(27)8-5-13/h4-9,12,27-28H,10-11H2,1-3H3,(H,23,24,25,26). The van der Waals surface area contributed by atoms with Crippen LogP contribution < -0.4 is 10.1 Å². The van der Waals surface area contributed by atoms with Crippen LogP contribution in [0.15, 0.2) is 42.5 Å². The molecule has 0 spiro atoms. The Morgan fingerprint density at radius 2 is 1.79 bits per heavy atom. The minimum absolute atomic E-state index is 0.182. The fraction of sp³-hybridized carbons (Fsp3) is 0.286. The molecule has 0 saturated heterocycles. The van der Waals surface area contributed by atoms with Crippen molar-refractivity contribution < 1.29 is 14.9 Å². The van der Waals surface area contributed by atoms with Gasteiger partial charge in [0.2, 0.25) is 5.95 Å². The van der Waals surface area contributed by atoms with Crippen LogP contribution in [-0.2, 0) is 12.0 Å². The summed E-state index contributed by atoms with van der Waals surface area (Å²) < 4.78 is 5.21. The molecule has 1 aromatic heterocycles. The molecule has 3 N–H and O–H groups in total. The van der Waals surface area contributed by atoms with E-state index < -0.39 is 5.60 Å². The number of aromatic hydroxyl groups is 1. The van der Waals surface area contributed by atoms with Crippen LogP contribution in [0.25, 0.3) is 11.4 Å². The van der Waals surface area contributed by atoms with Crippen LogP contribution in [0.2, 0.25) is 5.02 Å². The zero-order valence-electron chi connectivity index (χ0n) is 16.5. The van der Waals surface area contributed by atoms with Gasteiger partial charge in [0, 0.05) is 22.7 Å². The summed E-state index contributed by atoms with van der Waals surface area (Å²) in [6.07, 6.45) is 0.730. The second-order valence-corrected chi connectivity index (χ2v) is 7.47. The van der Waals surface area contributed by atoms with Crippen LogP contribution in [0, 0.1) is 0 Å². The normalized spacial score (nSPS) is 11.3. The smallest absolute Gasteiger partial charge is 0.321 e. The van der Waals surface area contributed by atoms with E-state index in [-0.39, 0.29) is 11.8 Å². The lowest BCUT2D eigenvalue weighted by Crippen LogP contribution is -2.16. The SMILES string of the molecule is COc1nc(NCCc2ccc(O)cc2)nc(-c2ccc(Cl)c(C(C)(C)O)c2)n1. The third-order valence-electron chi connectivity index (χ3n) is 4.31. The molecule has 0 radical (unpaired) electrons. The molecule has 1 heterocycles. The molecule has 29 heavy (non-hydrogen) atoms. The van der Waals surface area contributed by atoms with Gasteiger partial charge in [-0.15, -0.1) is 0 Å². The van der Waals surface area contributed by atoms with E-state index in [1.54, 1.807) is 44.2 Å². The highest BCUT2D eigenvalue weighted by molar-refractivity contribution is 6.31. The number of nitrogens with zero attached hydrogens (tertiary/aromatic N) is 3. The average molecular weight is 415 g/mol. The number of halogens is 1. The molecule has 0 amide bonds. The van der Waals surface area contributed by atoms with E-state index in [2.05, 4.69) is 20.3 Å². The van der Waals surface area contributed by atoms with E-state index in [9.17, 15) is 10.2 Å². The number of rotatable bonds is 7. The average Bonchev–Trinajstić information content (AvgIpc) is 2.68. The van der Waals surface area contributed by atoms with Gasteiger partial charge in [-0.2, -0.15) is 15.0 Å². The first-order valence-corrected chi connectivity index (χ1v) is 9.48. The molecule has 3 rings (SSSR count). The topological polar surface area (TPSA) is 100 Å². The summed E-state index contributed by atoms with van der Waals surface area (Å²) in [5.41, 5.74) is 1.24. The molecule has 0 aliphatic rings. The number of hydrogen-bond acceptors (Lipinski definition) is 7. The van der Waals surface area contributed by atoms with Crippen molar-refractivity contribution in [2.45, 2.75) is 25.9 Å². The van der Waals surface area contributed by atoms with Crippen LogP contribution >= 0.6 is 11.6 Å². The lowest BCUT2D eigenvalue weighted by Gasteiger charge is -2.20. The lowest BCUT2D eigenvalue weighted by atomic mass is 9.96. The number of nitrogens with one attached hydrogen (secondary N) is 1. The van der Waals surface area contributed by atoms with Crippen LogP contribution in [0.1, 0.15) is 25.0 Å². The van der Waals surface area contributed by atoms with Crippen molar-refractivity contribution in [3.63, 3.8) is 0 Å². The van der Waals surface area contributed by atoms with Gasteiger partial charge < -0.3 is 20.3 Å². The first kappa shape index (κ1) is 20.8. The molecule has 0 atom stereocenters. The zero-order valence-corrected chi connectivity index (χ0v) is 17.2. The second-order valence-electron chi connectivity index (χ2n) is 7.07. The monoisotopic (exact) mass is 414 g/mol. The summed E-state index contributed by atoms with van der Waals surface area (Å²) in [7, 11) is 1.49. The van der Waals surface area contributed by atoms with Gasteiger partial charge in [0.15, 0.2) is 5.82 Å². The molecule has 3 aromatic rings. The molecule has 0 unspecified atom stereocenters. The molecule has 7 nitrogen and oxygen atoms in total. The number of phenols is 1. The molecule has 2 aromatic carbocycles. The quantitative estimate of drug-likeness (QED) is 0.540. The first-order valence-electron chi connectivity index (χ1n) is 9.11. The van der Waals surface area contributed by atoms with Gasteiger partial charge in [0.25, 0.3) is 0 Å². The van der Waals surface area contributed by atoms with Crippen molar-refractivity contribution in [3.8, 4) is 23.1 Å². The Morgan fingerprint density at radius 3 is 2.45 bits per heavy atom. The number of aliphatic hydroxyl groups is 1. The van der Waals surface area contributed by atoms with E-state index >= 15 is 0 Å². The number of hydrogen-bond donors (Lipinski definition) is 3. The molecular weight excluding hydrogens is 392 g/mol. The minimum atomic E-state index is -1.10. The predicted octanol–water partition coefficient (Wildman–Crippen LogP) is 3.79. The summed E-state index contributed by atoms with van der Waals surface area (Å²) in [6, 6.07) is 12.5. The summed E-state index contributed by atoms with van der Waals surface area (Å²) in [4.78, 5) is 13.0. The van der Waals surface area contributed by atoms with Crippen molar-refractivity contribution in [1.29, 1.82) is 0 Å². The van der Waals surface area contributed by atoms with Gasteiger partial charge in [-0.05, 0) is 56.2 Å².